The number of amides is 1. The number of carbonyl (C=O) groups is 1. The molecule has 3 heteroatoms. The van der Waals surface area contributed by atoms with Crippen LogP contribution in [0.1, 0.15) is 47.0 Å². The van der Waals surface area contributed by atoms with Crippen molar-refractivity contribution in [1.82, 2.24) is 5.32 Å². The fourth-order valence-electron chi connectivity index (χ4n) is 2.13. The Kier molecular flexibility index (Phi) is 9.66. The molecule has 0 aromatic rings. The SMILES string of the molecule is CCCC/C=C/C(=O)NCC[N+](CC)(CC)CC. The Balaban J connectivity index is 3.88. The number of nitrogens with one attached hydrogen (secondary N) is 1. The van der Waals surface area contributed by atoms with Crippen molar-refractivity contribution < 1.29 is 9.28 Å². The first-order valence-electron chi connectivity index (χ1n) is 7.43. The van der Waals surface area contributed by atoms with Crippen molar-refractivity contribution in [3.8, 4) is 0 Å². The molecule has 18 heavy (non-hydrogen) atoms. The van der Waals surface area contributed by atoms with E-state index in [9.17, 15) is 4.79 Å². The maximum atomic E-state index is 11.6. The fourth-order valence-corrected chi connectivity index (χ4v) is 2.13. The van der Waals surface area contributed by atoms with Crippen LogP contribution in [-0.2, 0) is 4.79 Å². The van der Waals surface area contributed by atoms with Crippen LogP contribution in [0.15, 0.2) is 12.2 Å². The third kappa shape index (κ3) is 6.80. The van der Waals surface area contributed by atoms with Crippen molar-refractivity contribution in [1.29, 1.82) is 0 Å². The van der Waals surface area contributed by atoms with Gasteiger partial charge >= 0.3 is 0 Å². The summed E-state index contributed by atoms with van der Waals surface area (Å²) < 4.78 is 1.08. The topological polar surface area (TPSA) is 29.1 Å². The lowest BCUT2D eigenvalue weighted by molar-refractivity contribution is -0.922. The molecule has 3 nitrogen and oxygen atoms in total. The standard InChI is InChI=1S/C15H30N2O/c1-5-9-10-11-12-15(18)16-13-14-17(6-2,7-3)8-4/h11-12H,5-10,13-14H2,1-4H3/p+1/b12-11+. The summed E-state index contributed by atoms with van der Waals surface area (Å²) in [4.78, 5) is 11.6. The molecule has 0 saturated carbocycles. The van der Waals surface area contributed by atoms with Gasteiger partial charge in [-0.2, -0.15) is 0 Å². The first-order valence-corrected chi connectivity index (χ1v) is 7.43. The van der Waals surface area contributed by atoms with Crippen LogP contribution in [0, 0.1) is 0 Å². The molecule has 0 aromatic carbocycles. The number of carbonyl (C=O) groups excluding carboxylic acids is 1. The lowest BCUT2D eigenvalue weighted by atomic mass is 10.2. The Morgan fingerprint density at radius 1 is 1.11 bits per heavy atom. The summed E-state index contributed by atoms with van der Waals surface area (Å²) in [6.45, 7) is 14.0. The quantitative estimate of drug-likeness (QED) is 0.363. The molecule has 106 valence electrons. The number of allylic oxidation sites excluding steroid dienone is 1. The molecule has 0 aliphatic heterocycles. The molecule has 0 radical (unpaired) electrons. The van der Waals surface area contributed by atoms with Gasteiger partial charge in [0.25, 0.3) is 0 Å². The second-order valence-electron chi connectivity index (χ2n) is 4.85. The molecule has 0 rings (SSSR count). The highest BCUT2D eigenvalue weighted by molar-refractivity contribution is 5.87. The largest absolute Gasteiger partial charge is 0.347 e. The summed E-state index contributed by atoms with van der Waals surface area (Å²) in [6, 6.07) is 0. The second kappa shape index (κ2) is 10.1. The Bertz CT molecular complexity index is 237. The summed E-state index contributed by atoms with van der Waals surface area (Å²) in [6.07, 6.45) is 6.98. The zero-order valence-electron chi connectivity index (χ0n) is 12.7. The average molecular weight is 255 g/mol. The molecule has 0 aliphatic carbocycles. The monoisotopic (exact) mass is 255 g/mol. The summed E-state index contributed by atoms with van der Waals surface area (Å²) in [5.74, 6) is 0.0486. The number of quaternary nitrogens is 1. The van der Waals surface area contributed by atoms with E-state index in [1.165, 1.54) is 6.42 Å². The normalized spacial score (nSPS) is 12.0. The second-order valence-corrected chi connectivity index (χ2v) is 4.85. The molecule has 0 unspecified atom stereocenters. The molecule has 0 saturated heterocycles. The van der Waals surface area contributed by atoms with Crippen LogP contribution in [0.4, 0.5) is 0 Å². The number of hydrogen-bond donors (Lipinski definition) is 1. The van der Waals surface area contributed by atoms with Gasteiger partial charge in [0.2, 0.25) is 5.91 Å². The average Bonchev–Trinajstić information content (AvgIpc) is 2.40. The lowest BCUT2D eigenvalue weighted by Gasteiger charge is -2.35. The van der Waals surface area contributed by atoms with Gasteiger partial charge in [0, 0.05) is 0 Å². The van der Waals surface area contributed by atoms with Gasteiger partial charge in [-0.25, -0.2) is 0 Å². The predicted octanol–water partition coefficient (Wildman–Crippen LogP) is 2.73. The van der Waals surface area contributed by atoms with E-state index in [0.29, 0.717) is 0 Å². The molecule has 0 atom stereocenters. The summed E-state index contributed by atoms with van der Waals surface area (Å²) in [5, 5.41) is 2.98. The van der Waals surface area contributed by atoms with Crippen LogP contribution in [0.2, 0.25) is 0 Å². The first kappa shape index (κ1) is 17.2. The van der Waals surface area contributed by atoms with E-state index in [0.717, 1.165) is 50.0 Å². The van der Waals surface area contributed by atoms with Crippen LogP contribution in [0.3, 0.4) is 0 Å². The van der Waals surface area contributed by atoms with Crippen molar-refractivity contribution in [2.24, 2.45) is 0 Å². The Morgan fingerprint density at radius 3 is 2.22 bits per heavy atom. The van der Waals surface area contributed by atoms with Crippen molar-refractivity contribution >= 4 is 5.91 Å². The van der Waals surface area contributed by atoms with Gasteiger partial charge in [-0.3, -0.25) is 4.79 Å². The number of nitrogens with zero attached hydrogens (tertiary/aromatic N) is 1. The number of likely N-dealkylation sites (N-methyl/N-ethyl adjacent to an activating group) is 1. The van der Waals surface area contributed by atoms with Gasteiger partial charge in [0.15, 0.2) is 0 Å². The molecule has 0 fully saturated rings. The van der Waals surface area contributed by atoms with E-state index in [1.54, 1.807) is 6.08 Å². The zero-order chi connectivity index (χ0) is 13.9. The van der Waals surface area contributed by atoms with E-state index in [1.807, 2.05) is 6.08 Å². The minimum Gasteiger partial charge on any atom is -0.347 e. The van der Waals surface area contributed by atoms with E-state index in [4.69, 9.17) is 0 Å². The first-order chi connectivity index (χ1) is 8.64. The van der Waals surface area contributed by atoms with Gasteiger partial charge < -0.3 is 9.80 Å². The summed E-state index contributed by atoms with van der Waals surface area (Å²) in [7, 11) is 0. The van der Waals surface area contributed by atoms with E-state index < -0.39 is 0 Å². The molecule has 0 heterocycles. The fraction of sp³-hybridized carbons (Fsp3) is 0.800. The van der Waals surface area contributed by atoms with Gasteiger partial charge in [-0.1, -0.05) is 25.8 Å². The number of rotatable bonds is 10. The van der Waals surface area contributed by atoms with E-state index in [2.05, 4.69) is 33.0 Å². The molecule has 1 amide bonds. The Morgan fingerprint density at radius 2 is 1.72 bits per heavy atom. The van der Waals surface area contributed by atoms with Crippen molar-refractivity contribution in [2.45, 2.75) is 47.0 Å². The van der Waals surface area contributed by atoms with Gasteiger partial charge in [0.1, 0.15) is 0 Å². The van der Waals surface area contributed by atoms with Crippen LogP contribution in [0.25, 0.3) is 0 Å². The van der Waals surface area contributed by atoms with E-state index in [-0.39, 0.29) is 5.91 Å². The van der Waals surface area contributed by atoms with Crippen LogP contribution >= 0.6 is 0 Å². The molecule has 0 spiro atoms. The van der Waals surface area contributed by atoms with Gasteiger partial charge in [-0.05, 0) is 33.3 Å². The lowest BCUT2D eigenvalue weighted by Crippen LogP contribution is -2.51. The van der Waals surface area contributed by atoms with Gasteiger partial charge in [0.05, 0.1) is 32.7 Å². The van der Waals surface area contributed by atoms with Crippen molar-refractivity contribution in [3.63, 3.8) is 0 Å². The Labute approximate surface area is 113 Å². The van der Waals surface area contributed by atoms with Crippen LogP contribution in [-0.4, -0.2) is 43.1 Å². The van der Waals surface area contributed by atoms with Crippen LogP contribution in [0.5, 0.6) is 0 Å². The molecule has 0 aliphatic rings. The molecule has 0 aromatic heterocycles. The van der Waals surface area contributed by atoms with Gasteiger partial charge in [-0.15, -0.1) is 0 Å². The van der Waals surface area contributed by atoms with Crippen molar-refractivity contribution in [3.05, 3.63) is 12.2 Å². The smallest absolute Gasteiger partial charge is 0.243 e. The third-order valence-electron chi connectivity index (χ3n) is 3.89. The van der Waals surface area contributed by atoms with Crippen molar-refractivity contribution in [2.75, 3.05) is 32.7 Å². The van der Waals surface area contributed by atoms with E-state index >= 15 is 0 Å². The van der Waals surface area contributed by atoms with Crippen LogP contribution < -0.4 is 5.32 Å². The predicted molar refractivity (Wildman–Crippen MR) is 78.4 cm³/mol. The minimum atomic E-state index is 0.0486. The highest BCUT2D eigenvalue weighted by Gasteiger charge is 2.19. The third-order valence-corrected chi connectivity index (χ3v) is 3.89. The zero-order valence-corrected chi connectivity index (χ0v) is 12.7. The number of hydrogen-bond acceptors (Lipinski definition) is 1. The maximum Gasteiger partial charge on any atom is 0.243 e. The Hall–Kier alpha value is -0.830. The molecule has 0 bridgehead atoms. The number of unbranched alkanes of at least 4 members (excludes halogenated alkanes) is 2. The molecular weight excluding hydrogens is 224 g/mol. The molecule has 1 N–H and O–H groups in total. The summed E-state index contributed by atoms with van der Waals surface area (Å²) in [5.41, 5.74) is 0. The highest BCUT2D eigenvalue weighted by atomic mass is 16.1. The highest BCUT2D eigenvalue weighted by Crippen LogP contribution is 2.04. The maximum absolute atomic E-state index is 11.6. The summed E-state index contributed by atoms with van der Waals surface area (Å²) >= 11 is 0. The minimum absolute atomic E-state index is 0.0486. The molecular formula is C15H31N2O+.